The molecule has 5 heterocycles. The number of fused-ring (bicyclic) bond motifs is 2. The minimum atomic E-state index is -4.29. The van der Waals surface area contributed by atoms with Crippen LogP contribution in [-0.2, 0) is 16.6 Å². The summed E-state index contributed by atoms with van der Waals surface area (Å²) < 4.78 is 66.9. The summed E-state index contributed by atoms with van der Waals surface area (Å²) in [6, 6.07) is 8.75. The summed E-state index contributed by atoms with van der Waals surface area (Å²) in [5, 5.41) is 12.3. The number of piperidine rings is 1. The van der Waals surface area contributed by atoms with E-state index in [0.717, 1.165) is 0 Å². The van der Waals surface area contributed by atoms with Gasteiger partial charge in [0.25, 0.3) is 11.5 Å². The van der Waals surface area contributed by atoms with E-state index in [-0.39, 0.29) is 59.3 Å². The highest BCUT2D eigenvalue weighted by Gasteiger charge is 2.34. The van der Waals surface area contributed by atoms with Gasteiger partial charge < -0.3 is 4.90 Å². The van der Waals surface area contributed by atoms with Crippen molar-refractivity contribution < 1.29 is 26.4 Å². The SMILES string of the molecule is CCS(=O)(=O)NC(=O)c1csc2c(-c3cc(Cl)ccc3C#CCn3c(C)nc4cnc(N(C)C5CCN(CC(F)(F)F)CC5)c(C#N)c4c3=O)ccnc12. The van der Waals surface area contributed by atoms with E-state index in [9.17, 15) is 36.4 Å². The zero-order valence-corrected chi connectivity index (χ0v) is 31.5. The topological polar surface area (TPSA) is 154 Å². The summed E-state index contributed by atoms with van der Waals surface area (Å²) in [5.74, 6) is 5.68. The number of nitriles is 1. The smallest absolute Gasteiger partial charge is 0.355 e. The molecule has 1 aromatic carbocycles. The zero-order valence-electron chi connectivity index (χ0n) is 29.2. The Morgan fingerprint density at radius 2 is 1.93 bits per heavy atom. The van der Waals surface area contributed by atoms with E-state index in [1.54, 1.807) is 43.1 Å². The van der Waals surface area contributed by atoms with E-state index in [1.807, 2.05) is 4.72 Å². The second kappa shape index (κ2) is 15.3. The fourth-order valence-corrected chi connectivity index (χ4v) is 8.14. The quantitative estimate of drug-likeness (QED) is 0.199. The summed E-state index contributed by atoms with van der Waals surface area (Å²) in [6.07, 6.45) is -0.519. The van der Waals surface area contributed by atoms with Crippen LogP contribution >= 0.6 is 22.9 Å². The molecular formula is C36H32ClF3N8O4S2. The molecule has 1 aliphatic rings. The van der Waals surface area contributed by atoms with Gasteiger partial charge in [-0.05, 0) is 51.0 Å². The number of nitrogens with zero attached hydrogens (tertiary/aromatic N) is 7. The van der Waals surface area contributed by atoms with Crippen LogP contribution in [0.1, 0.15) is 47.1 Å². The van der Waals surface area contributed by atoms with E-state index in [4.69, 9.17) is 11.6 Å². The molecule has 1 aliphatic heterocycles. The first-order valence-corrected chi connectivity index (χ1v) is 19.5. The number of likely N-dealkylation sites (tertiary alicyclic amines) is 1. The Labute approximate surface area is 317 Å². The van der Waals surface area contributed by atoms with Crippen molar-refractivity contribution in [1.82, 2.24) is 29.1 Å². The van der Waals surface area contributed by atoms with Gasteiger partial charge >= 0.3 is 6.18 Å². The predicted molar refractivity (Wildman–Crippen MR) is 201 cm³/mol. The molecule has 18 heteroatoms. The highest BCUT2D eigenvalue weighted by atomic mass is 35.5. The van der Waals surface area contributed by atoms with E-state index in [2.05, 4.69) is 32.9 Å². The standard InChI is InChI=1S/C36H32ClF3N8O4S2/c1-4-54(51,52)45-34(49)28-19-53-32-25(9-12-42-31(28)32)26-16-23(37)8-7-22(26)6-5-13-48-21(2)44-29-18-43-33(27(17-41)30(29)35(48)50)46(3)24-10-14-47(15-11-24)20-36(38,39)40/h7-9,12,16,18-19,24H,4,10-11,13-15,20H2,1-3H3,(H,45,49). The van der Waals surface area contributed by atoms with E-state index in [1.165, 1.54) is 45.5 Å². The van der Waals surface area contributed by atoms with Crippen molar-refractivity contribution in [1.29, 1.82) is 5.26 Å². The summed E-state index contributed by atoms with van der Waals surface area (Å²) in [4.78, 5) is 43.3. The number of anilines is 1. The van der Waals surface area contributed by atoms with Crippen molar-refractivity contribution >= 4 is 65.8 Å². The van der Waals surface area contributed by atoms with Crippen LogP contribution in [0.5, 0.6) is 0 Å². The number of hydrogen-bond donors (Lipinski definition) is 1. The second-order valence-corrected chi connectivity index (χ2v) is 16.0. The maximum atomic E-state index is 14.0. The monoisotopic (exact) mass is 796 g/mol. The van der Waals surface area contributed by atoms with Crippen LogP contribution in [0.15, 0.2) is 46.8 Å². The molecule has 0 aliphatic carbocycles. The van der Waals surface area contributed by atoms with E-state index >= 15 is 0 Å². The van der Waals surface area contributed by atoms with Crippen LogP contribution in [0.4, 0.5) is 19.0 Å². The fraction of sp³-hybridized carbons (Fsp3) is 0.333. The molecule has 1 amide bonds. The molecule has 12 nitrogen and oxygen atoms in total. The Kier molecular flexibility index (Phi) is 11.0. The van der Waals surface area contributed by atoms with Crippen LogP contribution in [0, 0.1) is 30.1 Å². The first kappa shape index (κ1) is 38.6. The molecule has 54 heavy (non-hydrogen) atoms. The van der Waals surface area contributed by atoms with Crippen molar-refractivity contribution in [2.45, 2.75) is 45.5 Å². The van der Waals surface area contributed by atoms with Crippen molar-refractivity contribution in [2.75, 3.05) is 37.3 Å². The molecule has 1 N–H and O–H groups in total. The third kappa shape index (κ3) is 8.05. The number of benzene rings is 1. The van der Waals surface area contributed by atoms with Crippen LogP contribution < -0.4 is 15.2 Å². The van der Waals surface area contributed by atoms with Gasteiger partial charge in [0.2, 0.25) is 10.0 Å². The molecule has 5 aromatic rings. The number of alkyl halides is 3. The second-order valence-electron chi connectivity index (χ2n) is 12.6. The normalized spacial score (nSPS) is 14.1. The Morgan fingerprint density at radius 1 is 1.19 bits per heavy atom. The van der Waals surface area contributed by atoms with Gasteiger partial charge in [0.05, 0.1) is 51.7 Å². The molecule has 1 fully saturated rings. The molecule has 0 saturated carbocycles. The van der Waals surface area contributed by atoms with Gasteiger partial charge in [0.1, 0.15) is 23.3 Å². The highest BCUT2D eigenvalue weighted by molar-refractivity contribution is 7.90. The number of carbonyl (C=O) groups excluding carboxylic acids is 1. The van der Waals surface area contributed by atoms with Gasteiger partial charge in [-0.2, -0.15) is 18.4 Å². The lowest BCUT2D eigenvalue weighted by molar-refractivity contribution is -0.147. The average Bonchev–Trinajstić information content (AvgIpc) is 3.57. The Hall–Kier alpha value is -5.07. The zero-order chi connectivity index (χ0) is 38.9. The number of pyridine rings is 2. The number of aryl methyl sites for hydroxylation is 1. The summed E-state index contributed by atoms with van der Waals surface area (Å²) in [5.41, 5.74) is 1.99. The Bertz CT molecular complexity index is 2570. The first-order valence-electron chi connectivity index (χ1n) is 16.6. The van der Waals surface area contributed by atoms with Crippen LogP contribution in [0.2, 0.25) is 5.02 Å². The average molecular weight is 797 g/mol. The maximum Gasteiger partial charge on any atom is 0.401 e. The summed E-state index contributed by atoms with van der Waals surface area (Å²) in [7, 11) is -2.08. The van der Waals surface area contributed by atoms with Gasteiger partial charge in [-0.25, -0.2) is 23.1 Å². The molecule has 6 rings (SSSR count). The maximum absolute atomic E-state index is 14.0. The van der Waals surface area contributed by atoms with Crippen molar-refractivity contribution in [3.8, 4) is 29.0 Å². The third-order valence-corrected chi connectivity index (χ3v) is 11.7. The van der Waals surface area contributed by atoms with Gasteiger partial charge in [-0.15, -0.1) is 11.3 Å². The number of sulfonamides is 1. The summed E-state index contributed by atoms with van der Waals surface area (Å²) in [6.45, 7) is 2.45. The lowest BCUT2D eigenvalue weighted by atomic mass is 10.00. The predicted octanol–water partition coefficient (Wildman–Crippen LogP) is 5.50. The molecule has 280 valence electrons. The minimum absolute atomic E-state index is 0.0184. The highest BCUT2D eigenvalue weighted by Crippen LogP contribution is 2.36. The number of nitrogens with one attached hydrogen (secondary N) is 1. The number of rotatable bonds is 8. The summed E-state index contributed by atoms with van der Waals surface area (Å²) >= 11 is 7.62. The van der Waals surface area contributed by atoms with Crippen LogP contribution in [0.25, 0.3) is 32.2 Å². The number of hydrogen-bond acceptors (Lipinski definition) is 11. The van der Waals surface area contributed by atoms with Gasteiger partial charge in [-0.1, -0.05) is 23.4 Å². The number of thiophene rings is 1. The molecule has 0 unspecified atom stereocenters. The van der Waals surface area contributed by atoms with Crippen LogP contribution in [-0.4, -0.2) is 83.4 Å². The molecule has 1 saturated heterocycles. The molecule has 0 spiro atoms. The third-order valence-electron chi connectivity index (χ3n) is 9.18. The Morgan fingerprint density at radius 3 is 2.61 bits per heavy atom. The van der Waals surface area contributed by atoms with Gasteiger partial charge in [0, 0.05) is 59.5 Å². The van der Waals surface area contributed by atoms with E-state index < -0.39 is 34.2 Å². The van der Waals surface area contributed by atoms with Gasteiger partial charge in [-0.3, -0.25) is 24.0 Å². The van der Waals surface area contributed by atoms with Crippen LogP contribution in [0.3, 0.4) is 0 Å². The van der Waals surface area contributed by atoms with Crippen molar-refractivity contribution in [3.63, 3.8) is 0 Å². The van der Waals surface area contributed by atoms with Crippen molar-refractivity contribution in [2.24, 2.45) is 0 Å². The van der Waals surface area contributed by atoms with Gasteiger partial charge in [0.15, 0.2) is 0 Å². The van der Waals surface area contributed by atoms with Crippen molar-refractivity contribution in [3.05, 3.63) is 79.9 Å². The number of aromatic nitrogens is 4. The molecular weight excluding hydrogens is 765 g/mol. The molecule has 0 bridgehead atoms. The largest absolute Gasteiger partial charge is 0.401 e. The number of amides is 1. The lowest BCUT2D eigenvalue weighted by Gasteiger charge is -2.37. The van der Waals surface area contributed by atoms with E-state index in [0.29, 0.717) is 50.6 Å². The lowest BCUT2D eigenvalue weighted by Crippen LogP contribution is -2.46. The first-order chi connectivity index (χ1) is 25.6. The molecule has 0 radical (unpaired) electrons. The fourth-order valence-electron chi connectivity index (χ4n) is 6.40. The number of halogens is 4. The number of carbonyl (C=O) groups is 1. The molecule has 0 atom stereocenters. The Balaban J connectivity index is 1.31. The minimum Gasteiger partial charge on any atom is -0.355 e. The molecule has 4 aromatic heterocycles.